The molecule has 1 amide bonds. The second-order valence-electron chi connectivity index (χ2n) is 7.96. The predicted molar refractivity (Wildman–Crippen MR) is 127 cm³/mol. The van der Waals surface area contributed by atoms with Gasteiger partial charge in [-0.25, -0.2) is 9.59 Å². The molecular formula is C25H31NO6S. The molecule has 2 aromatic rings. The molecular weight excluding hydrogens is 442 g/mol. The van der Waals surface area contributed by atoms with Crippen LogP contribution in [-0.2, 0) is 14.3 Å². The second-order valence-corrected chi connectivity index (χ2v) is 8.98. The highest BCUT2D eigenvalue weighted by Gasteiger charge is 2.29. The van der Waals surface area contributed by atoms with Crippen molar-refractivity contribution < 1.29 is 28.6 Å². The Hall–Kier alpha value is -2.87. The molecule has 0 saturated heterocycles. The molecule has 1 aromatic heterocycles. The third-order valence-corrected chi connectivity index (χ3v) is 6.64. The van der Waals surface area contributed by atoms with Crippen LogP contribution in [0.2, 0.25) is 0 Å². The summed E-state index contributed by atoms with van der Waals surface area (Å²) in [4.78, 5) is 38.3. The summed E-state index contributed by atoms with van der Waals surface area (Å²) >= 11 is 1.06. The third-order valence-electron chi connectivity index (χ3n) is 5.45. The monoisotopic (exact) mass is 473 g/mol. The molecule has 1 fully saturated rings. The van der Waals surface area contributed by atoms with E-state index in [9.17, 15) is 14.4 Å². The molecule has 0 radical (unpaired) electrons. The normalized spacial score (nSPS) is 13.9. The molecule has 0 atom stereocenters. The van der Waals surface area contributed by atoms with E-state index in [1.165, 1.54) is 0 Å². The van der Waals surface area contributed by atoms with Gasteiger partial charge in [-0.15, -0.1) is 11.3 Å². The Morgan fingerprint density at radius 3 is 2.48 bits per heavy atom. The molecule has 1 N–H and O–H groups in total. The summed E-state index contributed by atoms with van der Waals surface area (Å²) in [5.41, 5.74) is 0.688. The number of esters is 2. The van der Waals surface area contributed by atoms with Crippen LogP contribution in [0.1, 0.15) is 77.5 Å². The van der Waals surface area contributed by atoms with Crippen LogP contribution in [0.3, 0.4) is 0 Å². The second kappa shape index (κ2) is 12.4. The molecule has 1 heterocycles. The van der Waals surface area contributed by atoms with E-state index in [1.54, 1.807) is 13.8 Å². The van der Waals surface area contributed by atoms with E-state index < -0.39 is 11.9 Å². The summed E-state index contributed by atoms with van der Waals surface area (Å²) in [6.07, 6.45) is 5.60. The van der Waals surface area contributed by atoms with Crippen molar-refractivity contribution in [3.8, 4) is 5.75 Å². The Morgan fingerprint density at radius 1 is 1.06 bits per heavy atom. The fourth-order valence-electron chi connectivity index (χ4n) is 3.76. The molecule has 3 rings (SSSR count). The van der Waals surface area contributed by atoms with Gasteiger partial charge >= 0.3 is 11.9 Å². The first kappa shape index (κ1) is 24.8. The van der Waals surface area contributed by atoms with Crippen LogP contribution in [0.15, 0.2) is 30.3 Å². The van der Waals surface area contributed by atoms with Crippen molar-refractivity contribution in [2.45, 2.75) is 64.9 Å². The van der Waals surface area contributed by atoms with Crippen LogP contribution in [0.25, 0.3) is 0 Å². The zero-order chi connectivity index (χ0) is 23.6. The van der Waals surface area contributed by atoms with Crippen molar-refractivity contribution in [2.24, 2.45) is 0 Å². The van der Waals surface area contributed by atoms with Crippen LogP contribution in [0, 0.1) is 6.92 Å². The molecule has 8 heteroatoms. The number of amides is 1. The minimum absolute atomic E-state index is 0.0959. The van der Waals surface area contributed by atoms with Crippen molar-refractivity contribution in [1.29, 1.82) is 0 Å². The van der Waals surface area contributed by atoms with Crippen LogP contribution in [0.5, 0.6) is 5.75 Å². The van der Waals surface area contributed by atoms with Crippen molar-refractivity contribution in [3.05, 3.63) is 46.3 Å². The van der Waals surface area contributed by atoms with E-state index >= 15 is 0 Å². The van der Waals surface area contributed by atoms with Crippen LogP contribution < -0.4 is 10.1 Å². The molecule has 1 aliphatic rings. The van der Waals surface area contributed by atoms with Gasteiger partial charge in [-0.3, -0.25) is 4.79 Å². The van der Waals surface area contributed by atoms with Gasteiger partial charge in [0.25, 0.3) is 0 Å². The highest BCUT2D eigenvalue weighted by molar-refractivity contribution is 7.18. The Bertz CT molecular complexity index is 949. The van der Waals surface area contributed by atoms with Gasteiger partial charge in [-0.05, 0) is 63.6 Å². The smallest absolute Gasteiger partial charge is 0.348 e. The molecule has 0 unspecified atom stereocenters. The maximum Gasteiger partial charge on any atom is 0.348 e. The number of thiophene rings is 1. The van der Waals surface area contributed by atoms with E-state index in [1.807, 2.05) is 30.3 Å². The summed E-state index contributed by atoms with van der Waals surface area (Å²) < 4.78 is 16.5. The molecule has 178 valence electrons. The lowest BCUT2D eigenvalue weighted by molar-refractivity contribution is -0.116. The SMILES string of the molecule is CCOC(=O)c1c(NC(=O)CCCOc2ccccc2)sc(C(=O)OC2CCCCC2)c1C. The number of para-hydroxylation sites is 1. The molecule has 1 aromatic carbocycles. The van der Waals surface area contributed by atoms with Crippen LogP contribution in [-0.4, -0.2) is 37.2 Å². The minimum atomic E-state index is -0.564. The van der Waals surface area contributed by atoms with Crippen molar-refractivity contribution in [3.63, 3.8) is 0 Å². The van der Waals surface area contributed by atoms with Gasteiger partial charge in [-0.2, -0.15) is 0 Å². The number of ether oxygens (including phenoxy) is 3. The van der Waals surface area contributed by atoms with Crippen LogP contribution in [0.4, 0.5) is 5.00 Å². The van der Waals surface area contributed by atoms with Crippen LogP contribution >= 0.6 is 11.3 Å². The topological polar surface area (TPSA) is 90.9 Å². The quantitative estimate of drug-likeness (QED) is 0.361. The van der Waals surface area contributed by atoms with Crippen molar-refractivity contribution in [1.82, 2.24) is 0 Å². The highest BCUT2D eigenvalue weighted by atomic mass is 32.1. The standard InChI is InChI=1S/C25H31NO6S/c1-3-30-24(28)21-17(2)22(25(29)32-19-13-8-5-9-14-19)33-23(21)26-20(27)15-10-16-31-18-11-6-4-7-12-18/h4,6-7,11-12,19H,3,5,8-10,13-16H2,1-2H3,(H,26,27). The molecule has 0 bridgehead atoms. The first-order chi connectivity index (χ1) is 16.0. The number of rotatable bonds is 10. The van der Waals surface area contributed by atoms with E-state index in [4.69, 9.17) is 14.2 Å². The average Bonchev–Trinajstić information content (AvgIpc) is 3.14. The van der Waals surface area contributed by atoms with E-state index in [-0.39, 0.29) is 30.6 Å². The van der Waals surface area contributed by atoms with E-state index in [0.29, 0.717) is 28.5 Å². The molecule has 1 aliphatic carbocycles. The summed E-state index contributed by atoms with van der Waals surface area (Å²) in [6, 6.07) is 9.38. The molecule has 0 aliphatic heterocycles. The number of anilines is 1. The van der Waals surface area contributed by atoms with Gasteiger partial charge in [-0.1, -0.05) is 24.6 Å². The average molecular weight is 474 g/mol. The van der Waals surface area contributed by atoms with Gasteiger partial charge < -0.3 is 19.5 Å². The van der Waals surface area contributed by atoms with Gasteiger partial charge in [0.1, 0.15) is 21.7 Å². The first-order valence-electron chi connectivity index (χ1n) is 11.5. The highest BCUT2D eigenvalue weighted by Crippen LogP contribution is 2.35. The predicted octanol–water partition coefficient (Wildman–Crippen LogP) is 5.52. The zero-order valence-electron chi connectivity index (χ0n) is 19.2. The van der Waals surface area contributed by atoms with Gasteiger partial charge in [0.15, 0.2) is 0 Å². The Balaban J connectivity index is 1.64. The van der Waals surface area contributed by atoms with E-state index in [2.05, 4.69) is 5.32 Å². The van der Waals surface area contributed by atoms with Crippen molar-refractivity contribution in [2.75, 3.05) is 18.5 Å². The number of hydrogen-bond donors (Lipinski definition) is 1. The molecule has 7 nitrogen and oxygen atoms in total. The lowest BCUT2D eigenvalue weighted by atomic mass is 9.98. The lowest BCUT2D eigenvalue weighted by Crippen LogP contribution is -2.21. The summed E-state index contributed by atoms with van der Waals surface area (Å²) in [5, 5.41) is 3.10. The van der Waals surface area contributed by atoms with Gasteiger partial charge in [0.2, 0.25) is 5.91 Å². The number of hydrogen-bond acceptors (Lipinski definition) is 7. The number of carbonyl (C=O) groups excluding carboxylic acids is 3. The van der Waals surface area contributed by atoms with Crippen molar-refractivity contribution >= 4 is 34.2 Å². The fourth-order valence-corrected chi connectivity index (χ4v) is 4.86. The minimum Gasteiger partial charge on any atom is -0.494 e. The maximum atomic E-state index is 12.8. The largest absolute Gasteiger partial charge is 0.494 e. The Morgan fingerprint density at radius 2 is 1.79 bits per heavy atom. The fraction of sp³-hybridized carbons (Fsp3) is 0.480. The van der Waals surface area contributed by atoms with Gasteiger partial charge in [0.05, 0.1) is 18.8 Å². The Kier molecular flexibility index (Phi) is 9.30. The molecule has 1 saturated carbocycles. The number of nitrogens with one attached hydrogen (secondary N) is 1. The third kappa shape index (κ3) is 7.05. The van der Waals surface area contributed by atoms with E-state index in [0.717, 1.165) is 49.2 Å². The van der Waals surface area contributed by atoms with Gasteiger partial charge in [0, 0.05) is 6.42 Å². The lowest BCUT2D eigenvalue weighted by Gasteiger charge is -2.21. The zero-order valence-corrected chi connectivity index (χ0v) is 20.0. The Labute approximate surface area is 198 Å². The molecule has 0 spiro atoms. The molecule has 33 heavy (non-hydrogen) atoms. The maximum absolute atomic E-state index is 12.8. The first-order valence-corrected chi connectivity index (χ1v) is 12.3. The number of benzene rings is 1. The summed E-state index contributed by atoms with van der Waals surface area (Å²) in [7, 11) is 0. The summed E-state index contributed by atoms with van der Waals surface area (Å²) in [6.45, 7) is 3.98. The summed E-state index contributed by atoms with van der Waals surface area (Å²) in [5.74, 6) is -0.527. The number of carbonyl (C=O) groups is 3.